The van der Waals surface area contributed by atoms with Crippen molar-refractivity contribution in [2.24, 2.45) is 12.0 Å². The van der Waals surface area contributed by atoms with E-state index in [1.54, 1.807) is 12.4 Å². The average molecular weight is 135 g/mol. The molecule has 0 spiro atoms. The van der Waals surface area contributed by atoms with Gasteiger partial charge in [-0.15, -0.1) is 0 Å². The van der Waals surface area contributed by atoms with E-state index in [4.69, 9.17) is 0 Å². The Morgan fingerprint density at radius 2 is 2.50 bits per heavy atom. The molecule has 0 fully saturated rings. The summed E-state index contributed by atoms with van der Waals surface area (Å²) in [5.74, 6) is 0.637. The summed E-state index contributed by atoms with van der Waals surface area (Å²) < 4.78 is 1.84. The monoisotopic (exact) mass is 135 g/mol. The highest BCUT2D eigenvalue weighted by Gasteiger charge is 2.00. The van der Waals surface area contributed by atoms with Crippen molar-refractivity contribution in [2.45, 2.75) is 0 Å². The van der Waals surface area contributed by atoms with Gasteiger partial charge in [0, 0.05) is 7.05 Å². The molecule has 0 aliphatic heterocycles. The average Bonchev–Trinajstić information content (AvgIpc) is 2.30. The van der Waals surface area contributed by atoms with Crippen molar-refractivity contribution >= 4 is 18.6 Å². The minimum absolute atomic E-state index is 0.637. The Balaban J connectivity index is 3.25. The molecule has 0 aromatic carbocycles. The topological polar surface area (TPSA) is 30.2 Å². The van der Waals surface area contributed by atoms with Crippen LogP contribution in [0.2, 0.25) is 0 Å². The number of nitrogens with zero attached hydrogens (tertiary/aromatic N) is 3. The lowest BCUT2D eigenvalue weighted by Gasteiger charge is -1.92. The van der Waals surface area contributed by atoms with Crippen LogP contribution in [0.4, 0.5) is 5.82 Å². The van der Waals surface area contributed by atoms with E-state index in [1.165, 1.54) is 0 Å². The summed E-state index contributed by atoms with van der Waals surface area (Å²) in [6, 6.07) is 0. The molecule has 1 heterocycles. The van der Waals surface area contributed by atoms with E-state index < -0.39 is 0 Å². The van der Waals surface area contributed by atoms with Crippen LogP contribution in [0.5, 0.6) is 0 Å². The molecule has 1 aromatic rings. The molecule has 52 valence electrons. The molecule has 3 heteroatoms. The first-order chi connectivity index (χ1) is 4.79. The molecule has 0 aliphatic carbocycles. The van der Waals surface area contributed by atoms with E-state index in [0.717, 1.165) is 5.69 Å². The van der Waals surface area contributed by atoms with Gasteiger partial charge in [0.15, 0.2) is 5.82 Å². The number of rotatable bonds is 2. The van der Waals surface area contributed by atoms with Gasteiger partial charge in [0.05, 0.1) is 12.0 Å². The Bertz CT molecular complexity index is 260. The highest BCUT2D eigenvalue weighted by atomic mass is 15.1. The second kappa shape index (κ2) is 2.47. The molecule has 0 radical (unpaired) electrons. The maximum absolute atomic E-state index is 3.97. The third-order valence-corrected chi connectivity index (χ3v) is 1.31. The van der Waals surface area contributed by atoms with E-state index in [1.807, 2.05) is 11.6 Å². The first-order valence-corrected chi connectivity index (χ1v) is 2.90. The van der Waals surface area contributed by atoms with E-state index >= 15 is 0 Å². The van der Waals surface area contributed by atoms with Crippen molar-refractivity contribution in [3.05, 3.63) is 18.6 Å². The van der Waals surface area contributed by atoms with Gasteiger partial charge in [-0.3, -0.25) is 0 Å². The van der Waals surface area contributed by atoms with E-state index in [9.17, 15) is 0 Å². The van der Waals surface area contributed by atoms with Crippen LogP contribution in [0, 0.1) is 0 Å². The van der Waals surface area contributed by atoms with Crippen LogP contribution in [0.15, 0.2) is 17.9 Å². The largest absolute Gasteiger partial charge is 0.332 e. The van der Waals surface area contributed by atoms with Crippen LogP contribution in [0.3, 0.4) is 0 Å². The standard InChI is InChI=1S/C7H9N3/c1-4-6-7(8-2)9-5-10(6)3/h4-5H,1-2H2,3H3. The van der Waals surface area contributed by atoms with Gasteiger partial charge in [-0.1, -0.05) is 6.58 Å². The molecule has 0 aliphatic rings. The van der Waals surface area contributed by atoms with Gasteiger partial charge >= 0.3 is 0 Å². The highest BCUT2D eigenvalue weighted by molar-refractivity contribution is 5.58. The summed E-state index contributed by atoms with van der Waals surface area (Å²) in [4.78, 5) is 7.68. The van der Waals surface area contributed by atoms with E-state index in [0.29, 0.717) is 5.82 Å². The Labute approximate surface area is 59.7 Å². The zero-order valence-electron chi connectivity index (χ0n) is 5.91. The van der Waals surface area contributed by atoms with Crippen LogP contribution in [0.1, 0.15) is 5.69 Å². The summed E-state index contributed by atoms with van der Waals surface area (Å²) in [6.07, 6.45) is 3.39. The summed E-state index contributed by atoms with van der Waals surface area (Å²) >= 11 is 0. The molecule has 3 nitrogen and oxygen atoms in total. The van der Waals surface area contributed by atoms with Crippen molar-refractivity contribution in [3.8, 4) is 0 Å². The number of aliphatic imine (C=N–C) groups is 1. The summed E-state index contributed by atoms with van der Waals surface area (Å²) in [7, 11) is 1.89. The predicted molar refractivity (Wildman–Crippen MR) is 42.5 cm³/mol. The first kappa shape index (κ1) is 6.74. The Morgan fingerprint density at radius 3 is 2.90 bits per heavy atom. The Hall–Kier alpha value is -1.38. The maximum atomic E-state index is 3.97. The molecule has 0 saturated carbocycles. The predicted octanol–water partition coefficient (Wildman–Crippen LogP) is 1.40. The Kier molecular flexibility index (Phi) is 1.67. The quantitative estimate of drug-likeness (QED) is 0.563. The molecule has 0 bridgehead atoms. The number of aryl methyl sites for hydroxylation is 1. The molecule has 0 amide bonds. The Morgan fingerprint density at radius 1 is 1.80 bits per heavy atom. The van der Waals surface area contributed by atoms with Crippen LogP contribution >= 0.6 is 0 Å². The number of imidazole rings is 1. The molecule has 0 N–H and O–H groups in total. The second-order valence-electron chi connectivity index (χ2n) is 1.93. The highest BCUT2D eigenvalue weighted by Crippen LogP contribution is 2.15. The number of hydrogen-bond donors (Lipinski definition) is 0. The van der Waals surface area contributed by atoms with Crippen molar-refractivity contribution in [3.63, 3.8) is 0 Å². The summed E-state index contributed by atoms with van der Waals surface area (Å²) in [5.41, 5.74) is 0.898. The molecule has 1 aromatic heterocycles. The van der Waals surface area contributed by atoms with Crippen LogP contribution in [0.25, 0.3) is 6.08 Å². The van der Waals surface area contributed by atoms with Crippen LogP contribution < -0.4 is 0 Å². The SMILES string of the molecule is C=Cc1c(N=C)ncn1C. The van der Waals surface area contributed by atoms with Gasteiger partial charge < -0.3 is 4.57 Å². The normalized spacial score (nSPS) is 9.30. The van der Waals surface area contributed by atoms with Crippen molar-refractivity contribution in [1.29, 1.82) is 0 Å². The van der Waals surface area contributed by atoms with Gasteiger partial charge in [0.1, 0.15) is 0 Å². The number of hydrogen-bond acceptors (Lipinski definition) is 2. The number of aromatic nitrogens is 2. The van der Waals surface area contributed by atoms with Crippen molar-refractivity contribution < 1.29 is 0 Å². The van der Waals surface area contributed by atoms with Crippen molar-refractivity contribution in [1.82, 2.24) is 9.55 Å². The lowest BCUT2D eigenvalue weighted by molar-refractivity contribution is 0.902. The fourth-order valence-corrected chi connectivity index (χ4v) is 0.784. The minimum Gasteiger partial charge on any atom is -0.332 e. The molecule has 0 saturated heterocycles. The zero-order chi connectivity index (χ0) is 7.56. The van der Waals surface area contributed by atoms with E-state index in [-0.39, 0.29) is 0 Å². The zero-order valence-corrected chi connectivity index (χ0v) is 5.91. The van der Waals surface area contributed by atoms with Gasteiger partial charge in [0.2, 0.25) is 0 Å². The first-order valence-electron chi connectivity index (χ1n) is 2.90. The lowest BCUT2D eigenvalue weighted by Crippen LogP contribution is -1.86. The fraction of sp³-hybridized carbons (Fsp3) is 0.143. The van der Waals surface area contributed by atoms with E-state index in [2.05, 4.69) is 23.3 Å². The molecule has 0 unspecified atom stereocenters. The molecule has 10 heavy (non-hydrogen) atoms. The smallest absolute Gasteiger partial charge is 0.176 e. The van der Waals surface area contributed by atoms with Gasteiger partial charge in [0.25, 0.3) is 0 Å². The molecular formula is C7H9N3. The van der Waals surface area contributed by atoms with Crippen molar-refractivity contribution in [2.75, 3.05) is 0 Å². The lowest BCUT2D eigenvalue weighted by atomic mass is 10.4. The minimum atomic E-state index is 0.637. The third kappa shape index (κ3) is 0.857. The third-order valence-electron chi connectivity index (χ3n) is 1.31. The summed E-state index contributed by atoms with van der Waals surface area (Å²) in [6.45, 7) is 7.00. The molecule has 0 atom stereocenters. The summed E-state index contributed by atoms with van der Waals surface area (Å²) in [5, 5.41) is 0. The molecule has 1 rings (SSSR count). The molecular weight excluding hydrogens is 126 g/mol. The fourth-order valence-electron chi connectivity index (χ4n) is 0.784. The van der Waals surface area contributed by atoms with Gasteiger partial charge in [-0.05, 0) is 12.8 Å². The second-order valence-corrected chi connectivity index (χ2v) is 1.93. The van der Waals surface area contributed by atoms with Crippen LogP contribution in [-0.4, -0.2) is 16.3 Å². The maximum Gasteiger partial charge on any atom is 0.176 e. The van der Waals surface area contributed by atoms with Gasteiger partial charge in [-0.2, -0.15) is 0 Å². The van der Waals surface area contributed by atoms with Gasteiger partial charge in [-0.25, -0.2) is 9.98 Å². The van der Waals surface area contributed by atoms with Crippen LogP contribution in [-0.2, 0) is 7.05 Å².